The zero-order chi connectivity index (χ0) is 23.0. The first-order valence-corrected chi connectivity index (χ1v) is 10.8. The fourth-order valence-electron chi connectivity index (χ4n) is 2.50. The molecule has 2 N–H and O–H groups in total. The molecule has 1 aromatic heterocycles. The van der Waals surface area contributed by atoms with E-state index >= 15 is 0 Å². The van der Waals surface area contributed by atoms with Crippen molar-refractivity contribution in [2.45, 2.75) is 20.8 Å². The summed E-state index contributed by atoms with van der Waals surface area (Å²) in [7, 11) is 1.56. The minimum absolute atomic E-state index is 0.105. The molecular formula is C20H22BrN3O6S. The van der Waals surface area contributed by atoms with Crippen LogP contribution in [0.25, 0.3) is 0 Å². The van der Waals surface area contributed by atoms with E-state index in [1.165, 1.54) is 6.21 Å². The predicted octanol–water partition coefficient (Wildman–Crippen LogP) is 4.34. The average molecular weight is 512 g/mol. The normalized spacial score (nSPS) is 10.6. The van der Waals surface area contributed by atoms with Gasteiger partial charge < -0.3 is 14.2 Å². The van der Waals surface area contributed by atoms with Crippen molar-refractivity contribution in [3.05, 3.63) is 44.2 Å². The van der Waals surface area contributed by atoms with E-state index in [1.54, 1.807) is 46.1 Å². The summed E-state index contributed by atoms with van der Waals surface area (Å²) in [5.41, 5.74) is 3.52. The van der Waals surface area contributed by atoms with Crippen LogP contribution in [-0.4, -0.2) is 44.5 Å². The number of rotatable bonds is 8. The minimum atomic E-state index is -0.689. The maximum Gasteiger partial charge on any atom is 0.348 e. The first-order valence-electron chi connectivity index (χ1n) is 9.23. The number of carbonyl (C=O) groups is 3. The SMILES string of the molecule is CCOC(=O)c1sc(NC(=O)NN=Cc2ccc(OC)c(Br)c2)c(C(=O)OCC)c1C. The van der Waals surface area contributed by atoms with Gasteiger partial charge in [-0.15, -0.1) is 11.3 Å². The number of anilines is 1. The summed E-state index contributed by atoms with van der Waals surface area (Å²) in [6, 6.07) is 4.60. The van der Waals surface area contributed by atoms with E-state index in [9.17, 15) is 14.4 Å². The Morgan fingerprint density at radius 3 is 2.45 bits per heavy atom. The number of amides is 2. The van der Waals surface area contributed by atoms with Crippen LogP contribution in [0.5, 0.6) is 5.75 Å². The Balaban J connectivity index is 2.17. The van der Waals surface area contributed by atoms with Crippen molar-refractivity contribution in [1.29, 1.82) is 0 Å². The van der Waals surface area contributed by atoms with Crippen LogP contribution in [-0.2, 0) is 9.47 Å². The molecule has 31 heavy (non-hydrogen) atoms. The Bertz CT molecular complexity index is 1010. The lowest BCUT2D eigenvalue weighted by molar-refractivity contribution is 0.0527. The topological polar surface area (TPSA) is 115 Å². The van der Waals surface area contributed by atoms with Gasteiger partial charge in [-0.1, -0.05) is 0 Å². The smallest absolute Gasteiger partial charge is 0.348 e. The molecule has 2 amide bonds. The van der Waals surface area contributed by atoms with E-state index in [0.717, 1.165) is 21.4 Å². The number of urea groups is 1. The summed E-state index contributed by atoms with van der Waals surface area (Å²) in [4.78, 5) is 37.0. The predicted molar refractivity (Wildman–Crippen MR) is 121 cm³/mol. The molecule has 0 saturated carbocycles. The molecule has 11 heteroatoms. The van der Waals surface area contributed by atoms with Crippen LogP contribution < -0.4 is 15.5 Å². The van der Waals surface area contributed by atoms with Crippen molar-refractivity contribution < 1.29 is 28.6 Å². The highest BCUT2D eigenvalue weighted by atomic mass is 79.9. The number of esters is 2. The average Bonchev–Trinajstić information content (AvgIpc) is 3.04. The van der Waals surface area contributed by atoms with Crippen LogP contribution in [0.3, 0.4) is 0 Å². The number of hydrazone groups is 1. The van der Waals surface area contributed by atoms with Crippen LogP contribution in [0, 0.1) is 6.92 Å². The summed E-state index contributed by atoms with van der Waals surface area (Å²) in [5, 5.41) is 6.59. The second-order valence-corrected chi connectivity index (χ2v) is 7.79. The molecule has 2 aromatic rings. The molecule has 0 aliphatic heterocycles. The van der Waals surface area contributed by atoms with Gasteiger partial charge in [-0.2, -0.15) is 5.10 Å². The highest BCUT2D eigenvalue weighted by molar-refractivity contribution is 9.10. The zero-order valence-corrected chi connectivity index (χ0v) is 19.8. The second kappa shape index (κ2) is 11.5. The van der Waals surface area contributed by atoms with E-state index in [4.69, 9.17) is 14.2 Å². The summed E-state index contributed by atoms with van der Waals surface area (Å²) in [5.74, 6) is -0.555. The van der Waals surface area contributed by atoms with Gasteiger partial charge in [0.05, 0.1) is 36.6 Å². The molecule has 0 aliphatic rings. The molecule has 0 atom stereocenters. The Morgan fingerprint density at radius 1 is 1.16 bits per heavy atom. The van der Waals surface area contributed by atoms with E-state index in [1.807, 2.05) is 0 Å². The quantitative estimate of drug-likeness (QED) is 0.309. The van der Waals surface area contributed by atoms with Crippen molar-refractivity contribution in [3.8, 4) is 5.75 Å². The third kappa shape index (κ3) is 6.28. The van der Waals surface area contributed by atoms with Crippen LogP contribution in [0.4, 0.5) is 9.80 Å². The number of hydrogen-bond donors (Lipinski definition) is 2. The van der Waals surface area contributed by atoms with E-state index in [2.05, 4.69) is 31.8 Å². The number of benzene rings is 1. The zero-order valence-electron chi connectivity index (χ0n) is 17.4. The van der Waals surface area contributed by atoms with Gasteiger partial charge in [-0.05, 0) is 66.0 Å². The lowest BCUT2D eigenvalue weighted by Gasteiger charge is -2.06. The van der Waals surface area contributed by atoms with E-state index in [-0.39, 0.29) is 28.7 Å². The molecule has 0 spiro atoms. The van der Waals surface area contributed by atoms with Gasteiger partial charge in [0.25, 0.3) is 0 Å². The van der Waals surface area contributed by atoms with Crippen molar-refractivity contribution in [2.75, 3.05) is 25.6 Å². The van der Waals surface area contributed by atoms with Crippen LogP contribution >= 0.6 is 27.3 Å². The standard InChI is InChI=1S/C20H22BrN3O6S/c1-5-29-18(25)15-11(3)16(19(26)30-6-2)31-17(15)23-20(27)24-22-10-12-7-8-14(28-4)13(21)9-12/h7-10H,5-6H2,1-4H3,(H2,23,24,27). The molecule has 0 aliphatic carbocycles. The van der Waals surface area contributed by atoms with E-state index < -0.39 is 18.0 Å². The van der Waals surface area contributed by atoms with Gasteiger partial charge >= 0.3 is 18.0 Å². The highest BCUT2D eigenvalue weighted by Gasteiger charge is 2.27. The molecule has 166 valence electrons. The van der Waals surface area contributed by atoms with Crippen LogP contribution in [0.15, 0.2) is 27.8 Å². The maximum atomic E-state index is 12.4. The minimum Gasteiger partial charge on any atom is -0.496 e. The lowest BCUT2D eigenvalue weighted by atomic mass is 10.1. The number of hydrogen-bond acceptors (Lipinski definition) is 8. The van der Waals surface area contributed by atoms with Crippen LogP contribution in [0.2, 0.25) is 0 Å². The molecule has 1 heterocycles. The number of nitrogens with one attached hydrogen (secondary N) is 2. The summed E-state index contributed by atoms with van der Waals surface area (Å²) < 4.78 is 16.0. The summed E-state index contributed by atoms with van der Waals surface area (Å²) in [6.45, 7) is 5.27. The number of carbonyl (C=O) groups excluding carboxylic acids is 3. The first kappa shape index (κ1) is 24.4. The van der Waals surface area contributed by atoms with Crippen molar-refractivity contribution in [1.82, 2.24) is 5.43 Å². The largest absolute Gasteiger partial charge is 0.496 e. The third-order valence-electron chi connectivity index (χ3n) is 3.87. The van der Waals surface area contributed by atoms with E-state index in [0.29, 0.717) is 11.3 Å². The molecule has 1 aromatic carbocycles. The Hall–Kier alpha value is -2.92. The van der Waals surface area contributed by atoms with Crippen molar-refractivity contribution in [2.24, 2.45) is 5.10 Å². The Labute approximate surface area is 191 Å². The number of ether oxygens (including phenoxy) is 3. The number of nitrogens with zero attached hydrogens (tertiary/aromatic N) is 1. The second-order valence-electron chi connectivity index (χ2n) is 5.92. The molecular weight excluding hydrogens is 490 g/mol. The monoisotopic (exact) mass is 511 g/mol. The molecule has 0 fully saturated rings. The number of thiophene rings is 1. The van der Waals surface area contributed by atoms with Gasteiger partial charge in [-0.3, -0.25) is 5.32 Å². The molecule has 0 saturated heterocycles. The van der Waals surface area contributed by atoms with Gasteiger partial charge in [0, 0.05) is 0 Å². The Morgan fingerprint density at radius 2 is 1.84 bits per heavy atom. The molecule has 9 nitrogen and oxygen atoms in total. The fraction of sp³-hybridized carbons (Fsp3) is 0.300. The maximum absolute atomic E-state index is 12.4. The van der Waals surface area contributed by atoms with Crippen molar-refractivity contribution in [3.63, 3.8) is 0 Å². The number of methoxy groups -OCH3 is 1. The van der Waals surface area contributed by atoms with Gasteiger partial charge in [-0.25, -0.2) is 19.8 Å². The third-order valence-corrected chi connectivity index (χ3v) is 5.68. The van der Waals surface area contributed by atoms with Crippen molar-refractivity contribution >= 4 is 56.5 Å². The Kier molecular flexibility index (Phi) is 9.01. The molecule has 2 rings (SSSR count). The summed E-state index contributed by atoms with van der Waals surface area (Å²) >= 11 is 4.31. The van der Waals surface area contributed by atoms with Crippen LogP contribution in [0.1, 0.15) is 45.0 Å². The first-order chi connectivity index (χ1) is 14.8. The highest BCUT2D eigenvalue weighted by Crippen LogP contribution is 2.34. The van der Waals surface area contributed by atoms with Gasteiger partial charge in [0.2, 0.25) is 0 Å². The number of halogens is 1. The lowest BCUT2D eigenvalue weighted by Crippen LogP contribution is -2.24. The fourth-order valence-corrected chi connectivity index (χ4v) is 4.14. The van der Waals surface area contributed by atoms with Gasteiger partial charge in [0.1, 0.15) is 15.6 Å². The van der Waals surface area contributed by atoms with Gasteiger partial charge in [0.15, 0.2) is 0 Å². The molecule has 0 unspecified atom stereocenters. The summed E-state index contributed by atoms with van der Waals surface area (Å²) in [6.07, 6.45) is 1.44. The molecule has 0 radical (unpaired) electrons. The molecule has 0 bridgehead atoms.